The van der Waals surface area contributed by atoms with Crippen molar-refractivity contribution in [1.82, 2.24) is 0 Å². The van der Waals surface area contributed by atoms with Crippen LogP contribution >= 0.6 is 11.6 Å². The van der Waals surface area contributed by atoms with Gasteiger partial charge in [0, 0.05) is 5.02 Å². The second kappa shape index (κ2) is 4.55. The van der Waals surface area contributed by atoms with Crippen LogP contribution in [0.4, 0.5) is 0 Å². The first kappa shape index (κ1) is 13.4. The highest BCUT2D eigenvalue weighted by molar-refractivity contribution is 7.91. The lowest BCUT2D eigenvalue weighted by Crippen LogP contribution is -2.34. The van der Waals surface area contributed by atoms with Crippen molar-refractivity contribution >= 4 is 27.4 Å². The Morgan fingerprint density at radius 2 is 2.06 bits per heavy atom. The Labute approximate surface area is 110 Å². The Bertz CT molecular complexity index is 581. The summed E-state index contributed by atoms with van der Waals surface area (Å²) in [4.78, 5) is 11.4. The minimum atomic E-state index is -3.26. The minimum Gasteiger partial charge on any atom is -0.481 e. The van der Waals surface area contributed by atoms with E-state index in [0.29, 0.717) is 10.6 Å². The molecule has 1 saturated heterocycles. The molecular formula is C12H13ClO4S. The second-order valence-electron chi connectivity index (χ2n) is 4.70. The topological polar surface area (TPSA) is 71.4 Å². The van der Waals surface area contributed by atoms with Crippen molar-refractivity contribution in [2.75, 3.05) is 11.5 Å². The molecule has 1 fully saturated rings. The number of aliphatic carboxylic acids is 1. The fourth-order valence-electron chi connectivity index (χ4n) is 2.31. The zero-order valence-corrected chi connectivity index (χ0v) is 11.2. The van der Waals surface area contributed by atoms with Crippen LogP contribution in [0.25, 0.3) is 0 Å². The van der Waals surface area contributed by atoms with Crippen LogP contribution in [0, 0.1) is 5.41 Å². The molecule has 0 radical (unpaired) electrons. The molecule has 1 unspecified atom stereocenters. The molecule has 6 heteroatoms. The van der Waals surface area contributed by atoms with E-state index in [1.165, 1.54) is 0 Å². The molecule has 0 spiro atoms. The molecule has 2 rings (SSSR count). The summed E-state index contributed by atoms with van der Waals surface area (Å²) in [5, 5.41) is 9.82. The van der Waals surface area contributed by atoms with Crippen LogP contribution in [0.1, 0.15) is 12.0 Å². The van der Waals surface area contributed by atoms with E-state index in [0.717, 1.165) is 0 Å². The molecule has 1 aliphatic rings. The molecular weight excluding hydrogens is 276 g/mol. The third-order valence-corrected chi connectivity index (χ3v) is 5.52. The molecule has 0 aliphatic carbocycles. The first-order valence-corrected chi connectivity index (χ1v) is 7.72. The summed E-state index contributed by atoms with van der Waals surface area (Å²) >= 11 is 6.00. The fourth-order valence-corrected chi connectivity index (χ4v) is 4.57. The summed E-state index contributed by atoms with van der Waals surface area (Å²) in [7, 11) is -3.26. The lowest BCUT2D eigenvalue weighted by molar-refractivity contribution is -0.147. The Morgan fingerprint density at radius 3 is 2.56 bits per heavy atom. The summed E-state index contributed by atoms with van der Waals surface area (Å²) in [5.41, 5.74) is -0.553. The predicted molar refractivity (Wildman–Crippen MR) is 68.5 cm³/mol. The maximum absolute atomic E-state index is 11.5. The SMILES string of the molecule is O=C(O)C1(Cc2ccccc2Cl)CCS(=O)(=O)C1. The molecule has 0 aromatic heterocycles. The van der Waals surface area contributed by atoms with E-state index in [1.807, 2.05) is 0 Å². The number of carboxylic acid groups (broad SMARTS) is 1. The number of benzene rings is 1. The average Bonchev–Trinajstić information content (AvgIpc) is 2.59. The van der Waals surface area contributed by atoms with Gasteiger partial charge in [-0.05, 0) is 24.5 Å². The molecule has 1 N–H and O–H groups in total. The van der Waals surface area contributed by atoms with Gasteiger partial charge in [0.05, 0.1) is 16.9 Å². The normalized spacial score (nSPS) is 26.1. The quantitative estimate of drug-likeness (QED) is 0.920. The van der Waals surface area contributed by atoms with Crippen molar-refractivity contribution in [1.29, 1.82) is 0 Å². The number of hydrogen-bond donors (Lipinski definition) is 1. The minimum absolute atomic E-state index is 0.0657. The van der Waals surface area contributed by atoms with Crippen LogP contribution in [0.5, 0.6) is 0 Å². The standard InChI is InChI=1S/C12H13ClO4S/c13-10-4-2-1-3-9(10)7-12(11(14)15)5-6-18(16,17)8-12/h1-4H,5-8H2,(H,14,15). The zero-order chi connectivity index (χ0) is 13.4. The van der Waals surface area contributed by atoms with E-state index in [9.17, 15) is 18.3 Å². The van der Waals surface area contributed by atoms with E-state index in [-0.39, 0.29) is 24.3 Å². The molecule has 1 aromatic rings. The summed E-state index contributed by atoms with van der Waals surface area (Å²) in [6.07, 6.45) is 0.303. The van der Waals surface area contributed by atoms with Crippen LogP contribution < -0.4 is 0 Å². The Kier molecular flexibility index (Phi) is 3.38. The predicted octanol–water partition coefficient (Wildman–Crippen LogP) is 1.77. The monoisotopic (exact) mass is 288 g/mol. The van der Waals surface area contributed by atoms with Crippen LogP contribution in [-0.2, 0) is 21.1 Å². The van der Waals surface area contributed by atoms with E-state index < -0.39 is 21.2 Å². The number of sulfone groups is 1. The molecule has 1 aromatic carbocycles. The van der Waals surface area contributed by atoms with Crippen LogP contribution in [0.2, 0.25) is 5.02 Å². The lowest BCUT2D eigenvalue weighted by Gasteiger charge is -2.22. The lowest BCUT2D eigenvalue weighted by atomic mass is 9.81. The van der Waals surface area contributed by atoms with E-state index >= 15 is 0 Å². The maximum atomic E-state index is 11.5. The Morgan fingerprint density at radius 1 is 1.39 bits per heavy atom. The molecule has 0 amide bonds. The van der Waals surface area contributed by atoms with Gasteiger partial charge in [-0.2, -0.15) is 0 Å². The van der Waals surface area contributed by atoms with Gasteiger partial charge in [0.1, 0.15) is 0 Å². The largest absolute Gasteiger partial charge is 0.481 e. The summed E-state index contributed by atoms with van der Waals surface area (Å²) in [5.74, 6) is -1.44. The van der Waals surface area contributed by atoms with Gasteiger partial charge in [0.15, 0.2) is 9.84 Å². The van der Waals surface area contributed by atoms with Crippen LogP contribution in [0.3, 0.4) is 0 Å². The summed E-state index contributed by atoms with van der Waals surface area (Å²) in [6.45, 7) is 0. The van der Waals surface area contributed by atoms with Crippen LogP contribution in [0.15, 0.2) is 24.3 Å². The smallest absolute Gasteiger partial charge is 0.311 e. The molecule has 4 nitrogen and oxygen atoms in total. The highest BCUT2D eigenvalue weighted by atomic mass is 35.5. The van der Waals surface area contributed by atoms with Gasteiger partial charge in [-0.15, -0.1) is 0 Å². The van der Waals surface area contributed by atoms with Crippen molar-refractivity contribution in [3.8, 4) is 0 Å². The van der Waals surface area contributed by atoms with Gasteiger partial charge in [-0.25, -0.2) is 8.42 Å². The number of rotatable bonds is 3. The first-order valence-electron chi connectivity index (χ1n) is 5.52. The Hall–Kier alpha value is -1.07. The molecule has 18 heavy (non-hydrogen) atoms. The number of hydrogen-bond acceptors (Lipinski definition) is 3. The number of halogens is 1. The van der Waals surface area contributed by atoms with Gasteiger partial charge >= 0.3 is 5.97 Å². The highest BCUT2D eigenvalue weighted by Crippen LogP contribution is 2.37. The van der Waals surface area contributed by atoms with Gasteiger partial charge in [0.25, 0.3) is 0 Å². The molecule has 1 heterocycles. The van der Waals surface area contributed by atoms with Gasteiger partial charge in [-0.1, -0.05) is 29.8 Å². The second-order valence-corrected chi connectivity index (χ2v) is 7.29. The van der Waals surface area contributed by atoms with Crippen LogP contribution in [-0.4, -0.2) is 31.0 Å². The van der Waals surface area contributed by atoms with Crippen molar-refractivity contribution in [3.63, 3.8) is 0 Å². The molecule has 1 aliphatic heterocycles. The van der Waals surface area contributed by atoms with Gasteiger partial charge in [0.2, 0.25) is 0 Å². The summed E-state index contributed by atoms with van der Waals surface area (Å²) < 4.78 is 23.1. The van der Waals surface area contributed by atoms with E-state index in [2.05, 4.69) is 0 Å². The Balaban J connectivity index is 2.35. The van der Waals surface area contributed by atoms with E-state index in [1.54, 1.807) is 24.3 Å². The summed E-state index contributed by atoms with van der Waals surface area (Å²) in [6, 6.07) is 6.93. The van der Waals surface area contributed by atoms with Crippen molar-refractivity contribution in [2.24, 2.45) is 5.41 Å². The molecule has 98 valence electrons. The third-order valence-electron chi connectivity index (χ3n) is 3.33. The number of carboxylic acids is 1. The molecule has 0 bridgehead atoms. The van der Waals surface area contributed by atoms with Crippen molar-refractivity contribution in [3.05, 3.63) is 34.9 Å². The van der Waals surface area contributed by atoms with Gasteiger partial charge < -0.3 is 5.11 Å². The number of carbonyl (C=O) groups is 1. The third kappa shape index (κ3) is 2.52. The fraction of sp³-hybridized carbons (Fsp3) is 0.417. The van der Waals surface area contributed by atoms with Crippen molar-refractivity contribution < 1.29 is 18.3 Å². The molecule has 1 atom stereocenters. The zero-order valence-electron chi connectivity index (χ0n) is 9.60. The first-order chi connectivity index (χ1) is 8.35. The van der Waals surface area contributed by atoms with E-state index in [4.69, 9.17) is 11.6 Å². The highest BCUT2D eigenvalue weighted by Gasteiger charge is 2.48. The van der Waals surface area contributed by atoms with Crippen molar-refractivity contribution in [2.45, 2.75) is 12.8 Å². The van der Waals surface area contributed by atoms with Gasteiger partial charge in [-0.3, -0.25) is 4.79 Å². The molecule has 0 saturated carbocycles. The maximum Gasteiger partial charge on any atom is 0.311 e. The average molecular weight is 289 g/mol.